The van der Waals surface area contributed by atoms with Crippen LogP contribution in [0.1, 0.15) is 65.2 Å². The summed E-state index contributed by atoms with van der Waals surface area (Å²) in [6.07, 6.45) is 5.40. The molecule has 1 heterocycles. The second-order valence-electron chi connectivity index (χ2n) is 7.39. The van der Waals surface area contributed by atoms with Crippen LogP contribution in [0.2, 0.25) is 0 Å². The topological polar surface area (TPSA) is 117 Å². The van der Waals surface area contributed by atoms with E-state index in [4.69, 9.17) is 14.2 Å². The Morgan fingerprint density at radius 2 is 1.61 bits per heavy atom. The molecule has 5 atom stereocenters. The highest BCUT2D eigenvalue weighted by Crippen LogP contribution is 2.22. The molecule has 0 spiro atoms. The van der Waals surface area contributed by atoms with Gasteiger partial charge >= 0.3 is 0 Å². The Labute approximate surface area is 168 Å². The maximum Gasteiger partial charge on any atom is 0.217 e. The predicted molar refractivity (Wildman–Crippen MR) is 105 cm³/mol. The fraction of sp³-hybridized carbons (Fsp3) is 0.950. The van der Waals surface area contributed by atoms with Crippen molar-refractivity contribution in [2.45, 2.75) is 95.9 Å². The molecule has 0 aliphatic carbocycles. The second kappa shape index (κ2) is 15.1. The molecule has 28 heavy (non-hydrogen) atoms. The lowest BCUT2D eigenvalue weighted by atomic mass is 9.97. The fourth-order valence-corrected chi connectivity index (χ4v) is 3.28. The van der Waals surface area contributed by atoms with Gasteiger partial charge < -0.3 is 34.8 Å². The molecule has 8 heteroatoms. The minimum atomic E-state index is -1.31. The standard InChI is InChI=1S/C20H39NO7/c1-3-4-5-6-7-8-9-10-11-26-12-13-27-20-17(21-15(2)23)19(25)18(24)16(14-22)28-20/h16-20,22,24-25H,3-14H2,1-2H3,(H,21,23)/t16-,17-,18-,19-,20+/m1/s1. The maximum absolute atomic E-state index is 11.3. The molecule has 1 amide bonds. The highest BCUT2D eigenvalue weighted by atomic mass is 16.7. The average Bonchev–Trinajstić information content (AvgIpc) is 2.67. The normalized spacial score (nSPS) is 27.7. The smallest absolute Gasteiger partial charge is 0.217 e. The van der Waals surface area contributed by atoms with E-state index in [1.807, 2.05) is 0 Å². The first kappa shape index (κ1) is 25.3. The van der Waals surface area contributed by atoms with E-state index in [1.54, 1.807) is 0 Å². The lowest BCUT2D eigenvalue weighted by molar-refractivity contribution is -0.272. The Kier molecular flexibility index (Phi) is 13.6. The van der Waals surface area contributed by atoms with Crippen molar-refractivity contribution in [2.75, 3.05) is 26.4 Å². The number of aliphatic hydroxyl groups is 3. The fourth-order valence-electron chi connectivity index (χ4n) is 3.28. The minimum absolute atomic E-state index is 0.221. The SMILES string of the molecule is CCCCCCCCCCOCCO[C@H]1O[C@H](CO)[C@@H](O)[C@H](O)[C@H]1NC(C)=O. The molecule has 1 rings (SSSR count). The molecule has 166 valence electrons. The summed E-state index contributed by atoms with van der Waals surface area (Å²) in [4.78, 5) is 11.3. The van der Waals surface area contributed by atoms with Crippen molar-refractivity contribution in [1.82, 2.24) is 5.32 Å². The molecule has 1 fully saturated rings. The van der Waals surface area contributed by atoms with E-state index < -0.39 is 37.3 Å². The van der Waals surface area contributed by atoms with Crippen molar-refractivity contribution in [3.63, 3.8) is 0 Å². The number of hydrogen-bond acceptors (Lipinski definition) is 7. The van der Waals surface area contributed by atoms with Gasteiger partial charge in [-0.25, -0.2) is 0 Å². The third kappa shape index (κ3) is 9.62. The molecule has 0 bridgehead atoms. The molecule has 0 aromatic heterocycles. The Hall–Kier alpha value is -0.770. The van der Waals surface area contributed by atoms with Crippen LogP contribution >= 0.6 is 0 Å². The number of ether oxygens (including phenoxy) is 3. The molecule has 1 aliphatic rings. The van der Waals surface area contributed by atoms with E-state index in [0.29, 0.717) is 13.2 Å². The molecule has 1 saturated heterocycles. The molecular formula is C20H39NO7. The van der Waals surface area contributed by atoms with Gasteiger partial charge in [-0.2, -0.15) is 0 Å². The van der Waals surface area contributed by atoms with Gasteiger partial charge in [-0.3, -0.25) is 4.79 Å². The first-order chi connectivity index (χ1) is 13.5. The van der Waals surface area contributed by atoms with E-state index in [0.717, 1.165) is 12.8 Å². The van der Waals surface area contributed by atoms with Crippen LogP contribution in [-0.4, -0.2) is 78.3 Å². The van der Waals surface area contributed by atoms with Crippen LogP contribution < -0.4 is 5.32 Å². The third-order valence-corrected chi connectivity index (χ3v) is 4.90. The van der Waals surface area contributed by atoms with Crippen LogP contribution in [0.5, 0.6) is 0 Å². The first-order valence-electron chi connectivity index (χ1n) is 10.6. The van der Waals surface area contributed by atoms with E-state index >= 15 is 0 Å². The highest BCUT2D eigenvalue weighted by molar-refractivity contribution is 5.73. The van der Waals surface area contributed by atoms with Crippen LogP contribution in [0.4, 0.5) is 0 Å². The quantitative estimate of drug-likeness (QED) is 0.301. The molecule has 8 nitrogen and oxygen atoms in total. The number of hydrogen-bond donors (Lipinski definition) is 4. The van der Waals surface area contributed by atoms with Crippen LogP contribution in [0, 0.1) is 0 Å². The molecule has 4 N–H and O–H groups in total. The van der Waals surface area contributed by atoms with E-state index in [9.17, 15) is 20.1 Å². The Balaban J connectivity index is 2.18. The lowest BCUT2D eigenvalue weighted by Crippen LogP contribution is -2.64. The number of amides is 1. The number of unbranched alkanes of at least 4 members (excludes halogenated alkanes) is 7. The van der Waals surface area contributed by atoms with Crippen molar-refractivity contribution in [3.05, 3.63) is 0 Å². The van der Waals surface area contributed by atoms with E-state index in [-0.39, 0.29) is 12.5 Å². The van der Waals surface area contributed by atoms with E-state index in [1.165, 1.54) is 45.4 Å². The lowest BCUT2D eigenvalue weighted by Gasteiger charge is -2.42. The molecule has 0 saturated carbocycles. The Morgan fingerprint density at radius 1 is 0.964 bits per heavy atom. The monoisotopic (exact) mass is 405 g/mol. The van der Waals surface area contributed by atoms with Gasteiger partial charge in [-0.05, 0) is 6.42 Å². The molecule has 0 radical (unpaired) electrons. The zero-order valence-electron chi connectivity index (χ0n) is 17.3. The zero-order valence-corrected chi connectivity index (χ0v) is 17.3. The van der Waals surface area contributed by atoms with Gasteiger partial charge in [0.2, 0.25) is 5.91 Å². The van der Waals surface area contributed by atoms with Crippen molar-refractivity contribution < 1.29 is 34.3 Å². The van der Waals surface area contributed by atoms with Crippen molar-refractivity contribution in [3.8, 4) is 0 Å². The summed E-state index contributed by atoms with van der Waals surface area (Å²) in [5.41, 5.74) is 0. The van der Waals surface area contributed by atoms with Crippen LogP contribution in [-0.2, 0) is 19.0 Å². The third-order valence-electron chi connectivity index (χ3n) is 4.90. The summed E-state index contributed by atoms with van der Waals surface area (Å²) in [7, 11) is 0. The first-order valence-corrected chi connectivity index (χ1v) is 10.6. The number of carbonyl (C=O) groups excluding carboxylic acids is 1. The van der Waals surface area contributed by atoms with E-state index in [2.05, 4.69) is 12.2 Å². The zero-order chi connectivity index (χ0) is 20.8. The van der Waals surface area contributed by atoms with Crippen LogP contribution in [0.15, 0.2) is 0 Å². The van der Waals surface area contributed by atoms with Gasteiger partial charge in [0.25, 0.3) is 0 Å². The van der Waals surface area contributed by atoms with Crippen molar-refractivity contribution in [2.24, 2.45) is 0 Å². The van der Waals surface area contributed by atoms with Crippen LogP contribution in [0.25, 0.3) is 0 Å². The summed E-state index contributed by atoms with van der Waals surface area (Å²) in [5, 5.41) is 31.9. The predicted octanol–water partition coefficient (Wildman–Crippen LogP) is 1.10. The highest BCUT2D eigenvalue weighted by Gasteiger charge is 2.45. The number of carbonyl (C=O) groups is 1. The van der Waals surface area contributed by atoms with Crippen molar-refractivity contribution in [1.29, 1.82) is 0 Å². The number of rotatable bonds is 15. The Morgan fingerprint density at radius 3 is 2.21 bits per heavy atom. The second-order valence-corrected chi connectivity index (χ2v) is 7.39. The van der Waals surface area contributed by atoms with Gasteiger partial charge in [-0.1, -0.05) is 51.9 Å². The maximum atomic E-state index is 11.3. The van der Waals surface area contributed by atoms with Gasteiger partial charge in [0.15, 0.2) is 6.29 Å². The largest absolute Gasteiger partial charge is 0.394 e. The Bertz CT molecular complexity index is 410. The molecule has 1 aliphatic heterocycles. The van der Waals surface area contributed by atoms with Crippen molar-refractivity contribution >= 4 is 5.91 Å². The molecule has 0 aromatic rings. The number of nitrogens with one attached hydrogen (secondary N) is 1. The summed E-state index contributed by atoms with van der Waals surface area (Å²) in [6.45, 7) is 4.32. The minimum Gasteiger partial charge on any atom is -0.394 e. The van der Waals surface area contributed by atoms with Gasteiger partial charge in [0, 0.05) is 13.5 Å². The average molecular weight is 406 g/mol. The number of aliphatic hydroxyl groups excluding tert-OH is 3. The summed E-state index contributed by atoms with van der Waals surface area (Å²) >= 11 is 0. The summed E-state index contributed by atoms with van der Waals surface area (Å²) in [6, 6.07) is -0.914. The van der Waals surface area contributed by atoms with Gasteiger partial charge in [0.05, 0.1) is 19.8 Å². The van der Waals surface area contributed by atoms with Gasteiger partial charge in [-0.15, -0.1) is 0 Å². The molecule has 0 unspecified atom stereocenters. The summed E-state index contributed by atoms with van der Waals surface area (Å²) < 4.78 is 16.6. The van der Waals surface area contributed by atoms with Crippen LogP contribution in [0.3, 0.4) is 0 Å². The van der Waals surface area contributed by atoms with Gasteiger partial charge in [0.1, 0.15) is 24.4 Å². The molecule has 0 aromatic carbocycles. The molecular weight excluding hydrogens is 366 g/mol. The summed E-state index contributed by atoms with van der Waals surface area (Å²) in [5.74, 6) is -0.373.